The molecule has 0 aromatic carbocycles. The van der Waals surface area contributed by atoms with Crippen LogP contribution in [0.4, 0.5) is 0 Å². The minimum absolute atomic E-state index is 0.299. The molecule has 0 aromatic heterocycles. The van der Waals surface area contributed by atoms with E-state index in [2.05, 4.69) is 63.7 Å². The molecule has 0 spiro atoms. The summed E-state index contributed by atoms with van der Waals surface area (Å²) in [5.74, 6) is -0.715. The average molecular weight is 533 g/mol. The minimum Gasteiger partial charge on any atom is -0.463 e. The Labute approximate surface area is 146 Å². The highest BCUT2D eigenvalue weighted by Gasteiger charge is 2.14. The van der Waals surface area contributed by atoms with Gasteiger partial charge in [-0.15, -0.1) is 0 Å². The predicted octanol–water partition coefficient (Wildman–Crippen LogP) is 2.63. The van der Waals surface area contributed by atoms with Gasteiger partial charge in [0.25, 0.3) is 0 Å². The van der Waals surface area contributed by atoms with Crippen LogP contribution in [0.15, 0.2) is 0 Å². The normalized spacial score (nSPS) is 11.2. The molecule has 0 radical (unpaired) electrons. The second kappa shape index (κ2) is 11.5. The van der Waals surface area contributed by atoms with E-state index in [1.807, 2.05) is 11.8 Å². The number of hydrogen-bond donors (Lipinski definition) is 0. The van der Waals surface area contributed by atoms with Crippen LogP contribution in [0.3, 0.4) is 0 Å². The summed E-state index contributed by atoms with van der Waals surface area (Å²) in [7, 11) is 0. The third kappa shape index (κ3) is 10.2. The number of hydrogen-bond acceptors (Lipinski definition) is 5. The number of alkyl halides is 4. The topological polar surface area (TPSA) is 55.8 Å². The smallest absolute Gasteiger partial charge is 0.330 e. The van der Waals surface area contributed by atoms with Gasteiger partial charge in [-0.1, -0.05) is 70.6 Å². The molecule has 5 nitrogen and oxygen atoms in total. The number of carbonyl (C=O) groups excluding carboxylic acids is 2. The van der Waals surface area contributed by atoms with Crippen molar-refractivity contribution in [2.24, 2.45) is 0 Å². The first-order chi connectivity index (χ1) is 8.88. The molecular formula is C10H15Br4NO4. The van der Waals surface area contributed by atoms with E-state index in [0.717, 1.165) is 6.54 Å². The SMILES string of the molecule is CCN(CCOC(=O)C(Br)Br)CCOC(=O)C(Br)Br. The molecule has 0 N–H and O–H groups in total. The van der Waals surface area contributed by atoms with E-state index in [0.29, 0.717) is 26.3 Å². The number of rotatable bonds is 9. The van der Waals surface area contributed by atoms with Crippen LogP contribution >= 0.6 is 63.7 Å². The molecule has 0 heterocycles. The predicted molar refractivity (Wildman–Crippen MR) is 87.3 cm³/mol. The second-order valence-corrected chi connectivity index (χ2v) is 9.49. The van der Waals surface area contributed by atoms with E-state index in [4.69, 9.17) is 9.47 Å². The van der Waals surface area contributed by atoms with Gasteiger partial charge in [0, 0.05) is 13.1 Å². The first-order valence-corrected chi connectivity index (χ1v) is 9.16. The molecule has 0 aliphatic heterocycles. The van der Waals surface area contributed by atoms with Crippen LogP contribution in [0.1, 0.15) is 6.92 Å². The lowest BCUT2D eigenvalue weighted by Crippen LogP contribution is -2.32. The van der Waals surface area contributed by atoms with Gasteiger partial charge < -0.3 is 9.47 Å². The van der Waals surface area contributed by atoms with Crippen LogP contribution < -0.4 is 0 Å². The fourth-order valence-corrected chi connectivity index (χ4v) is 1.63. The van der Waals surface area contributed by atoms with Crippen LogP contribution in [0, 0.1) is 0 Å². The van der Waals surface area contributed by atoms with Crippen molar-refractivity contribution in [2.45, 2.75) is 14.4 Å². The van der Waals surface area contributed by atoms with Crippen molar-refractivity contribution in [3.63, 3.8) is 0 Å². The highest BCUT2D eigenvalue weighted by atomic mass is 79.9. The van der Waals surface area contributed by atoms with Crippen LogP contribution in [0.2, 0.25) is 0 Å². The number of nitrogens with zero attached hydrogens (tertiary/aromatic N) is 1. The Balaban J connectivity index is 3.78. The molecule has 0 aromatic rings. The summed E-state index contributed by atoms with van der Waals surface area (Å²) in [5, 5.41) is 0. The van der Waals surface area contributed by atoms with Gasteiger partial charge >= 0.3 is 11.9 Å². The number of ether oxygens (including phenoxy) is 2. The molecular weight excluding hydrogens is 518 g/mol. The highest BCUT2D eigenvalue weighted by molar-refractivity contribution is 9.25. The monoisotopic (exact) mass is 529 g/mol. The summed E-state index contributed by atoms with van der Waals surface area (Å²) in [6, 6.07) is 0. The molecule has 0 rings (SSSR count). The van der Waals surface area contributed by atoms with E-state index < -0.39 is 7.47 Å². The summed E-state index contributed by atoms with van der Waals surface area (Å²) in [5.41, 5.74) is 0. The first-order valence-electron chi connectivity index (χ1n) is 5.50. The van der Waals surface area contributed by atoms with E-state index >= 15 is 0 Å². The summed E-state index contributed by atoms with van der Waals surface area (Å²) >= 11 is 12.2. The van der Waals surface area contributed by atoms with Crippen molar-refractivity contribution >= 4 is 75.7 Å². The van der Waals surface area contributed by atoms with Crippen molar-refractivity contribution in [3.05, 3.63) is 0 Å². The van der Waals surface area contributed by atoms with Gasteiger partial charge in [0.15, 0.2) is 7.47 Å². The molecule has 0 saturated carbocycles. The number of halogens is 4. The Bertz CT molecular complexity index is 263. The van der Waals surface area contributed by atoms with Crippen LogP contribution in [0.25, 0.3) is 0 Å². The van der Waals surface area contributed by atoms with Gasteiger partial charge in [-0.25, -0.2) is 9.59 Å². The van der Waals surface area contributed by atoms with Crippen molar-refractivity contribution in [1.29, 1.82) is 0 Å². The van der Waals surface area contributed by atoms with Gasteiger partial charge in [-0.3, -0.25) is 4.90 Å². The molecule has 19 heavy (non-hydrogen) atoms. The number of likely N-dealkylation sites (N-methyl/N-ethyl adjacent to an activating group) is 1. The lowest BCUT2D eigenvalue weighted by atomic mass is 10.5. The second-order valence-electron chi connectivity index (χ2n) is 3.37. The van der Waals surface area contributed by atoms with Crippen molar-refractivity contribution < 1.29 is 19.1 Å². The van der Waals surface area contributed by atoms with Gasteiger partial charge in [0.2, 0.25) is 0 Å². The van der Waals surface area contributed by atoms with Crippen LogP contribution in [0.5, 0.6) is 0 Å². The van der Waals surface area contributed by atoms with E-state index in [1.54, 1.807) is 0 Å². The fraction of sp³-hybridized carbons (Fsp3) is 0.800. The zero-order chi connectivity index (χ0) is 14.8. The zero-order valence-electron chi connectivity index (χ0n) is 10.3. The third-order valence-corrected chi connectivity index (χ3v) is 3.60. The fourth-order valence-electron chi connectivity index (χ4n) is 1.10. The van der Waals surface area contributed by atoms with Gasteiger partial charge in [0.05, 0.1) is 0 Å². The van der Waals surface area contributed by atoms with E-state index in [1.165, 1.54) is 0 Å². The minimum atomic E-state index is -0.481. The van der Waals surface area contributed by atoms with E-state index in [-0.39, 0.29) is 11.9 Å². The van der Waals surface area contributed by atoms with Gasteiger partial charge in [-0.05, 0) is 6.54 Å². The Morgan fingerprint density at radius 1 is 0.947 bits per heavy atom. The maximum absolute atomic E-state index is 11.2. The summed E-state index contributed by atoms with van der Waals surface area (Å²) in [4.78, 5) is 24.4. The lowest BCUT2D eigenvalue weighted by molar-refractivity contribution is -0.141. The Kier molecular flexibility index (Phi) is 12.0. The molecule has 112 valence electrons. The van der Waals surface area contributed by atoms with E-state index in [9.17, 15) is 9.59 Å². The number of esters is 2. The molecule has 0 atom stereocenters. The molecule has 9 heteroatoms. The molecule has 0 saturated heterocycles. The van der Waals surface area contributed by atoms with Crippen molar-refractivity contribution in [2.75, 3.05) is 32.8 Å². The van der Waals surface area contributed by atoms with Crippen molar-refractivity contribution in [3.8, 4) is 0 Å². The molecule has 0 amide bonds. The molecule has 0 fully saturated rings. The maximum Gasteiger partial charge on any atom is 0.330 e. The highest BCUT2D eigenvalue weighted by Crippen LogP contribution is 2.10. The molecule has 0 bridgehead atoms. The average Bonchev–Trinajstić information content (AvgIpc) is 2.35. The summed E-state index contributed by atoms with van der Waals surface area (Å²) < 4.78 is 9.05. The zero-order valence-corrected chi connectivity index (χ0v) is 16.6. The van der Waals surface area contributed by atoms with Gasteiger partial charge in [-0.2, -0.15) is 0 Å². The molecule has 0 aliphatic rings. The van der Waals surface area contributed by atoms with Crippen molar-refractivity contribution in [1.82, 2.24) is 4.90 Å². The molecule has 0 aliphatic carbocycles. The Morgan fingerprint density at radius 2 is 1.32 bits per heavy atom. The quantitative estimate of drug-likeness (QED) is 0.338. The maximum atomic E-state index is 11.2. The van der Waals surface area contributed by atoms with Crippen LogP contribution in [-0.4, -0.2) is 57.2 Å². The summed E-state index contributed by atoms with van der Waals surface area (Å²) in [6.07, 6.45) is 0. The molecule has 0 unspecified atom stereocenters. The Morgan fingerprint density at radius 3 is 1.58 bits per heavy atom. The standard InChI is InChI=1S/C10H15Br4NO4/c1-2-15(3-5-18-9(16)7(11)12)4-6-19-10(17)8(13)14/h7-8H,2-6H2,1H3. The van der Waals surface area contributed by atoms with Gasteiger partial charge in [0.1, 0.15) is 13.2 Å². The third-order valence-electron chi connectivity index (χ3n) is 2.11. The number of carbonyl (C=O) groups is 2. The first kappa shape index (κ1) is 19.8. The summed E-state index contributed by atoms with van der Waals surface area (Å²) in [6.45, 7) is 4.56. The van der Waals surface area contributed by atoms with Crippen LogP contribution in [-0.2, 0) is 19.1 Å². The largest absolute Gasteiger partial charge is 0.463 e. The lowest BCUT2D eigenvalue weighted by Gasteiger charge is -2.20. The Hall–Kier alpha value is 0.820.